The van der Waals surface area contributed by atoms with Gasteiger partial charge in [0.15, 0.2) is 0 Å². The number of amides is 2. The standard InChI is InChI=1S/C13H21N3O2/c1-9(2)8-10-11(17)14-13(15-12(10)18)16-6-4-3-5-7-16/h9-10H,3-8H2,1-2H3,(H,14,15,17,18). The van der Waals surface area contributed by atoms with Gasteiger partial charge in [-0.15, -0.1) is 0 Å². The molecule has 2 aliphatic heterocycles. The van der Waals surface area contributed by atoms with E-state index < -0.39 is 5.92 Å². The van der Waals surface area contributed by atoms with Crippen molar-refractivity contribution >= 4 is 17.8 Å². The molecule has 1 N–H and O–H groups in total. The lowest BCUT2D eigenvalue weighted by molar-refractivity contribution is -0.134. The molecule has 0 aromatic carbocycles. The summed E-state index contributed by atoms with van der Waals surface area (Å²) in [6.45, 7) is 5.76. The Morgan fingerprint density at radius 2 is 1.94 bits per heavy atom. The van der Waals surface area contributed by atoms with Crippen LogP contribution in [0, 0.1) is 11.8 Å². The number of hydrogen-bond acceptors (Lipinski definition) is 3. The number of nitrogens with zero attached hydrogens (tertiary/aromatic N) is 2. The van der Waals surface area contributed by atoms with Gasteiger partial charge in [0.25, 0.3) is 5.91 Å². The monoisotopic (exact) mass is 251 g/mol. The van der Waals surface area contributed by atoms with Gasteiger partial charge in [-0.2, -0.15) is 4.99 Å². The zero-order valence-electron chi connectivity index (χ0n) is 11.1. The van der Waals surface area contributed by atoms with Gasteiger partial charge in [0.2, 0.25) is 11.9 Å². The van der Waals surface area contributed by atoms with E-state index in [1.807, 2.05) is 18.7 Å². The predicted octanol–water partition coefficient (Wildman–Crippen LogP) is 1.15. The molecule has 2 heterocycles. The summed E-state index contributed by atoms with van der Waals surface area (Å²) in [5.74, 6) is -0.294. The number of likely N-dealkylation sites (tertiary alicyclic amines) is 1. The molecule has 0 spiro atoms. The quantitative estimate of drug-likeness (QED) is 0.749. The molecule has 1 fully saturated rings. The zero-order valence-corrected chi connectivity index (χ0v) is 11.1. The fourth-order valence-corrected chi connectivity index (χ4v) is 2.45. The molecule has 100 valence electrons. The van der Waals surface area contributed by atoms with Crippen molar-refractivity contribution in [1.82, 2.24) is 10.2 Å². The van der Waals surface area contributed by atoms with Gasteiger partial charge in [-0.1, -0.05) is 13.8 Å². The summed E-state index contributed by atoms with van der Waals surface area (Å²) in [5, 5.41) is 2.79. The van der Waals surface area contributed by atoms with E-state index in [9.17, 15) is 9.59 Å². The molecule has 0 aromatic heterocycles. The molecule has 0 aromatic rings. The van der Waals surface area contributed by atoms with E-state index in [1.54, 1.807) is 0 Å². The average molecular weight is 251 g/mol. The van der Waals surface area contributed by atoms with Gasteiger partial charge in [-0.3, -0.25) is 14.9 Å². The molecule has 0 aliphatic carbocycles. The largest absolute Gasteiger partial charge is 0.342 e. The number of carbonyl (C=O) groups is 2. The van der Waals surface area contributed by atoms with Crippen molar-refractivity contribution in [3.8, 4) is 0 Å². The maximum atomic E-state index is 12.0. The van der Waals surface area contributed by atoms with Crippen molar-refractivity contribution in [2.75, 3.05) is 13.1 Å². The van der Waals surface area contributed by atoms with Crippen LogP contribution in [0.5, 0.6) is 0 Å². The number of aliphatic imine (C=N–C) groups is 1. The van der Waals surface area contributed by atoms with Crippen molar-refractivity contribution in [3.05, 3.63) is 0 Å². The fourth-order valence-electron chi connectivity index (χ4n) is 2.45. The highest BCUT2D eigenvalue weighted by molar-refractivity contribution is 6.15. The highest BCUT2D eigenvalue weighted by Gasteiger charge is 2.34. The van der Waals surface area contributed by atoms with E-state index in [1.165, 1.54) is 6.42 Å². The molecular weight excluding hydrogens is 230 g/mol. The Labute approximate surface area is 108 Å². The first-order chi connectivity index (χ1) is 8.58. The summed E-state index contributed by atoms with van der Waals surface area (Å²) < 4.78 is 0. The lowest BCUT2D eigenvalue weighted by Gasteiger charge is -2.32. The van der Waals surface area contributed by atoms with Crippen molar-refractivity contribution in [1.29, 1.82) is 0 Å². The minimum atomic E-state index is -0.599. The number of piperidine rings is 1. The lowest BCUT2D eigenvalue weighted by atomic mass is 9.95. The highest BCUT2D eigenvalue weighted by Crippen LogP contribution is 2.18. The summed E-state index contributed by atoms with van der Waals surface area (Å²) >= 11 is 0. The van der Waals surface area contributed by atoms with E-state index in [4.69, 9.17) is 0 Å². The van der Waals surface area contributed by atoms with Gasteiger partial charge in [0.1, 0.15) is 5.92 Å². The summed E-state index contributed by atoms with van der Waals surface area (Å²) in [6, 6.07) is 0. The first-order valence-electron chi connectivity index (χ1n) is 6.76. The average Bonchev–Trinajstić information content (AvgIpc) is 2.34. The van der Waals surface area contributed by atoms with Gasteiger partial charge in [-0.25, -0.2) is 0 Å². The number of rotatable bonds is 2. The molecule has 2 amide bonds. The van der Waals surface area contributed by atoms with Crippen LogP contribution in [0.15, 0.2) is 4.99 Å². The molecule has 0 bridgehead atoms. The number of carbonyl (C=O) groups excluding carboxylic acids is 2. The minimum Gasteiger partial charge on any atom is -0.342 e. The third-order valence-corrected chi connectivity index (χ3v) is 3.43. The van der Waals surface area contributed by atoms with Crippen LogP contribution >= 0.6 is 0 Å². The van der Waals surface area contributed by atoms with Crippen LogP contribution in [0.2, 0.25) is 0 Å². The predicted molar refractivity (Wildman–Crippen MR) is 69.0 cm³/mol. The summed E-state index contributed by atoms with van der Waals surface area (Å²) in [4.78, 5) is 29.9. The summed E-state index contributed by atoms with van der Waals surface area (Å²) in [5.41, 5.74) is 0. The molecular formula is C13H21N3O2. The summed E-state index contributed by atoms with van der Waals surface area (Å²) in [7, 11) is 0. The topological polar surface area (TPSA) is 61.8 Å². The molecule has 18 heavy (non-hydrogen) atoms. The third-order valence-electron chi connectivity index (χ3n) is 3.43. The maximum Gasteiger partial charge on any atom is 0.261 e. The molecule has 2 rings (SSSR count). The van der Waals surface area contributed by atoms with Crippen LogP contribution in [0.3, 0.4) is 0 Å². The second-order valence-electron chi connectivity index (χ2n) is 5.49. The van der Waals surface area contributed by atoms with Gasteiger partial charge in [0, 0.05) is 13.1 Å². The van der Waals surface area contributed by atoms with Gasteiger partial charge >= 0.3 is 0 Å². The second-order valence-corrected chi connectivity index (χ2v) is 5.49. The smallest absolute Gasteiger partial charge is 0.261 e. The van der Waals surface area contributed by atoms with E-state index in [0.717, 1.165) is 25.9 Å². The Balaban J connectivity index is 2.07. The van der Waals surface area contributed by atoms with Crippen LogP contribution in [0.4, 0.5) is 0 Å². The van der Waals surface area contributed by atoms with Crippen LogP contribution in [0.1, 0.15) is 39.5 Å². The normalized spacial score (nSPS) is 25.2. The zero-order chi connectivity index (χ0) is 13.1. The van der Waals surface area contributed by atoms with Crippen molar-refractivity contribution in [2.45, 2.75) is 39.5 Å². The minimum absolute atomic E-state index is 0.190. The SMILES string of the molecule is CC(C)CC1C(=O)N=C(N2CCCCC2)NC1=O. The van der Waals surface area contributed by atoms with Gasteiger partial charge in [0.05, 0.1) is 0 Å². The molecule has 2 aliphatic rings. The number of guanidine groups is 1. The van der Waals surface area contributed by atoms with E-state index in [2.05, 4.69) is 10.3 Å². The van der Waals surface area contributed by atoms with Crippen molar-refractivity contribution in [2.24, 2.45) is 16.8 Å². The molecule has 0 radical (unpaired) electrons. The first kappa shape index (κ1) is 13.1. The Kier molecular flexibility index (Phi) is 3.99. The molecule has 5 heteroatoms. The van der Waals surface area contributed by atoms with Gasteiger partial charge in [-0.05, 0) is 31.6 Å². The summed E-state index contributed by atoms with van der Waals surface area (Å²) in [6.07, 6.45) is 3.97. The molecule has 1 saturated heterocycles. The second kappa shape index (κ2) is 5.50. The molecule has 1 unspecified atom stereocenters. The Hall–Kier alpha value is -1.39. The molecule has 1 atom stereocenters. The molecule has 5 nitrogen and oxygen atoms in total. The Morgan fingerprint density at radius 3 is 2.50 bits per heavy atom. The van der Waals surface area contributed by atoms with Crippen LogP contribution < -0.4 is 5.32 Å². The van der Waals surface area contributed by atoms with Crippen LogP contribution in [0.25, 0.3) is 0 Å². The Bertz CT molecular complexity index is 370. The maximum absolute atomic E-state index is 12.0. The van der Waals surface area contributed by atoms with E-state index in [0.29, 0.717) is 18.3 Å². The Morgan fingerprint density at radius 1 is 1.28 bits per heavy atom. The highest BCUT2D eigenvalue weighted by atomic mass is 16.2. The fraction of sp³-hybridized carbons (Fsp3) is 0.769. The molecule has 0 saturated carbocycles. The third kappa shape index (κ3) is 2.89. The lowest BCUT2D eigenvalue weighted by Crippen LogP contribution is -2.52. The van der Waals surface area contributed by atoms with Crippen molar-refractivity contribution < 1.29 is 9.59 Å². The van der Waals surface area contributed by atoms with Crippen LogP contribution in [-0.4, -0.2) is 35.8 Å². The first-order valence-corrected chi connectivity index (χ1v) is 6.76. The van der Waals surface area contributed by atoms with Crippen molar-refractivity contribution in [3.63, 3.8) is 0 Å². The van der Waals surface area contributed by atoms with Crippen LogP contribution in [-0.2, 0) is 9.59 Å². The number of nitrogens with one attached hydrogen (secondary N) is 1. The van der Waals surface area contributed by atoms with E-state index >= 15 is 0 Å². The van der Waals surface area contributed by atoms with E-state index in [-0.39, 0.29) is 11.8 Å². The number of hydrogen-bond donors (Lipinski definition) is 1. The van der Waals surface area contributed by atoms with Gasteiger partial charge < -0.3 is 4.90 Å².